The Hall–Kier alpha value is -2.07. The van der Waals surface area contributed by atoms with Crippen molar-refractivity contribution in [2.24, 2.45) is 28.2 Å². The Morgan fingerprint density at radius 1 is 1.17 bits per heavy atom. The van der Waals surface area contributed by atoms with Crippen LogP contribution in [0.2, 0.25) is 0 Å². The van der Waals surface area contributed by atoms with Gasteiger partial charge in [-0.05, 0) is 100.0 Å². The van der Waals surface area contributed by atoms with E-state index < -0.39 is 5.54 Å². The van der Waals surface area contributed by atoms with E-state index in [2.05, 4.69) is 46.8 Å². The van der Waals surface area contributed by atoms with Crippen LogP contribution >= 0.6 is 0 Å². The van der Waals surface area contributed by atoms with Gasteiger partial charge in [0.1, 0.15) is 11.4 Å². The molecule has 2 saturated carbocycles. The van der Waals surface area contributed by atoms with E-state index >= 15 is 0 Å². The lowest BCUT2D eigenvalue weighted by atomic mass is 9.56. The average Bonchev–Trinajstić information content (AvgIpc) is 3.15. The number of ether oxygens (including phenoxy) is 1. The molecule has 1 heterocycles. The lowest BCUT2D eigenvalue weighted by Gasteiger charge is -2.51. The molecule has 2 fully saturated rings. The lowest BCUT2D eigenvalue weighted by Crippen LogP contribution is -2.59. The van der Waals surface area contributed by atoms with Gasteiger partial charge in [-0.25, -0.2) is 4.39 Å². The molecule has 196 valence electrons. The zero-order chi connectivity index (χ0) is 26.1. The van der Waals surface area contributed by atoms with Crippen LogP contribution in [0.5, 0.6) is 0 Å². The van der Waals surface area contributed by atoms with Gasteiger partial charge < -0.3 is 4.74 Å². The Labute approximate surface area is 217 Å². The van der Waals surface area contributed by atoms with E-state index in [1.165, 1.54) is 23.4 Å². The quantitative estimate of drug-likeness (QED) is 0.407. The topological polar surface area (TPSA) is 38.7 Å². The smallest absolute Gasteiger partial charge is 0.169 e. The first kappa shape index (κ1) is 27.0. The van der Waals surface area contributed by atoms with Gasteiger partial charge in [-0.3, -0.25) is 9.79 Å². The maximum atomic E-state index is 14.9. The molecule has 4 rings (SSSR count). The third kappa shape index (κ3) is 4.34. The average molecular weight is 494 g/mol. The summed E-state index contributed by atoms with van der Waals surface area (Å²) in [5.74, 6) is 0.434. The molecule has 0 amide bonds. The Balaban J connectivity index is 1.83. The van der Waals surface area contributed by atoms with Crippen molar-refractivity contribution in [3.63, 3.8) is 0 Å². The molecular formula is C32H44FNO2. The van der Waals surface area contributed by atoms with Crippen molar-refractivity contribution in [1.29, 1.82) is 0 Å². The van der Waals surface area contributed by atoms with Gasteiger partial charge in [0.15, 0.2) is 5.78 Å². The van der Waals surface area contributed by atoms with Crippen LogP contribution in [-0.4, -0.2) is 30.2 Å². The summed E-state index contributed by atoms with van der Waals surface area (Å²) in [7, 11) is 1.81. The minimum absolute atomic E-state index is 0.0975. The molecule has 0 bridgehead atoms. The van der Waals surface area contributed by atoms with Gasteiger partial charge in [-0.15, -0.1) is 0 Å². The van der Waals surface area contributed by atoms with Gasteiger partial charge in [0.25, 0.3) is 0 Å². The van der Waals surface area contributed by atoms with Crippen LogP contribution in [0.4, 0.5) is 4.39 Å². The number of fused-ring (bicyclic) bond motifs is 1. The molecule has 0 radical (unpaired) electrons. The fourth-order valence-corrected chi connectivity index (χ4v) is 7.42. The van der Waals surface area contributed by atoms with Gasteiger partial charge in [-0.1, -0.05) is 45.1 Å². The fourth-order valence-electron chi connectivity index (χ4n) is 7.42. The van der Waals surface area contributed by atoms with Crippen LogP contribution in [0.3, 0.4) is 0 Å². The van der Waals surface area contributed by atoms with Crippen molar-refractivity contribution >= 4 is 11.5 Å². The number of halogens is 1. The van der Waals surface area contributed by atoms with E-state index in [4.69, 9.17) is 9.73 Å². The first-order valence-electron chi connectivity index (χ1n) is 14.0. The zero-order valence-corrected chi connectivity index (χ0v) is 23.1. The first-order valence-corrected chi connectivity index (χ1v) is 14.0. The number of benzene rings is 1. The summed E-state index contributed by atoms with van der Waals surface area (Å²) in [6, 6.07) is 6.74. The number of aryl methyl sites for hydroxylation is 1. The third-order valence-corrected chi connectivity index (χ3v) is 9.73. The number of hydrogen-bond donors (Lipinski definition) is 0. The van der Waals surface area contributed by atoms with Gasteiger partial charge >= 0.3 is 0 Å². The van der Waals surface area contributed by atoms with E-state index in [1.807, 2.05) is 12.1 Å². The van der Waals surface area contributed by atoms with Crippen molar-refractivity contribution in [2.45, 2.75) is 97.6 Å². The number of Topliss-reactive ketones (excluding diaryl/α,β-unsaturated/α-hetero) is 1. The van der Waals surface area contributed by atoms with Crippen molar-refractivity contribution in [2.75, 3.05) is 7.11 Å². The molecule has 0 aromatic heterocycles. The van der Waals surface area contributed by atoms with E-state index in [1.54, 1.807) is 7.11 Å². The van der Waals surface area contributed by atoms with Crippen molar-refractivity contribution in [3.05, 3.63) is 58.9 Å². The van der Waals surface area contributed by atoms with Gasteiger partial charge in [0.2, 0.25) is 0 Å². The van der Waals surface area contributed by atoms with Crippen LogP contribution in [0.1, 0.15) is 85.1 Å². The summed E-state index contributed by atoms with van der Waals surface area (Å²) >= 11 is 0. The Morgan fingerprint density at radius 3 is 2.39 bits per heavy atom. The molecular weight excluding hydrogens is 449 g/mol. The minimum atomic E-state index is -0.805. The highest BCUT2D eigenvalue weighted by atomic mass is 19.1. The highest BCUT2D eigenvalue weighted by molar-refractivity contribution is 6.07. The highest BCUT2D eigenvalue weighted by Gasteiger charge is 2.66. The third-order valence-electron chi connectivity index (χ3n) is 9.73. The Morgan fingerprint density at radius 2 is 1.83 bits per heavy atom. The minimum Gasteiger partial charge on any atom is -0.381 e. The van der Waals surface area contributed by atoms with Crippen LogP contribution in [0.25, 0.3) is 0 Å². The van der Waals surface area contributed by atoms with E-state index in [-0.39, 0.29) is 29.2 Å². The Kier molecular flexibility index (Phi) is 8.04. The second-order valence-corrected chi connectivity index (χ2v) is 11.4. The molecule has 1 aliphatic heterocycles. The predicted molar refractivity (Wildman–Crippen MR) is 146 cm³/mol. The Bertz CT molecular complexity index is 1040. The standard InChI is InChI=1S/C32H44FNO2/c1-7-21(4)29-22(5)27(15-12-23-10-13-25(33)14-11-23)30(35)32(34-29)28(9-3)24(8-2)20-31(32)18-16-26(36-6)17-19-31/h8-11,13-14,21-22,26-27H,7,12,15-20H2,1-6H3. The molecule has 2 aliphatic carbocycles. The monoisotopic (exact) mass is 493 g/mol. The maximum Gasteiger partial charge on any atom is 0.169 e. The number of carbonyl (C=O) groups is 1. The number of nitrogens with zero attached hydrogens (tertiary/aromatic N) is 1. The molecule has 0 saturated heterocycles. The second kappa shape index (κ2) is 10.7. The predicted octanol–water partition coefficient (Wildman–Crippen LogP) is 7.69. The summed E-state index contributed by atoms with van der Waals surface area (Å²) < 4.78 is 19.2. The van der Waals surface area contributed by atoms with Crippen LogP contribution in [0, 0.1) is 29.0 Å². The number of aliphatic imine (C=N–C) groups is 1. The van der Waals surface area contributed by atoms with Gasteiger partial charge in [-0.2, -0.15) is 0 Å². The summed E-state index contributed by atoms with van der Waals surface area (Å²) in [6.45, 7) is 10.9. The van der Waals surface area contributed by atoms with E-state index in [0.717, 1.165) is 62.5 Å². The molecule has 4 atom stereocenters. The number of allylic oxidation sites excluding steroid dienone is 2. The van der Waals surface area contributed by atoms with Crippen LogP contribution in [0.15, 0.2) is 52.6 Å². The lowest BCUT2D eigenvalue weighted by molar-refractivity contribution is -0.134. The number of ketones is 1. The van der Waals surface area contributed by atoms with E-state index in [9.17, 15) is 9.18 Å². The highest BCUT2D eigenvalue weighted by Crippen LogP contribution is 2.64. The molecule has 36 heavy (non-hydrogen) atoms. The van der Waals surface area contributed by atoms with Gasteiger partial charge in [0, 0.05) is 30.1 Å². The molecule has 3 nitrogen and oxygen atoms in total. The molecule has 3 aliphatic rings. The number of rotatable bonds is 6. The summed E-state index contributed by atoms with van der Waals surface area (Å²) in [6.07, 6.45) is 12.0. The van der Waals surface area contributed by atoms with Crippen molar-refractivity contribution in [1.82, 2.24) is 0 Å². The second-order valence-electron chi connectivity index (χ2n) is 11.4. The zero-order valence-electron chi connectivity index (χ0n) is 23.1. The van der Waals surface area contributed by atoms with Crippen LogP contribution in [-0.2, 0) is 16.0 Å². The largest absolute Gasteiger partial charge is 0.381 e. The SMILES string of the molecule is CC=C1CC2(CCC(OC)CC2)C2(N=C(C(C)CC)C(C)C(CCc3ccc(F)cc3)C2=O)C1=CC. The number of carbonyl (C=O) groups excluding carboxylic acids is 1. The summed E-state index contributed by atoms with van der Waals surface area (Å²) in [5.41, 5.74) is 3.74. The molecule has 2 spiro atoms. The normalized spacial score (nSPS) is 35.7. The molecule has 1 aromatic carbocycles. The molecule has 4 heteroatoms. The van der Waals surface area contributed by atoms with Crippen molar-refractivity contribution in [3.8, 4) is 0 Å². The summed E-state index contributed by atoms with van der Waals surface area (Å²) in [5, 5.41) is 0. The first-order chi connectivity index (χ1) is 17.3. The fraction of sp³-hybridized carbons (Fsp3) is 0.625. The molecule has 4 unspecified atom stereocenters. The van der Waals surface area contributed by atoms with E-state index in [0.29, 0.717) is 11.7 Å². The molecule has 1 aromatic rings. The van der Waals surface area contributed by atoms with Crippen LogP contribution < -0.4 is 0 Å². The summed E-state index contributed by atoms with van der Waals surface area (Å²) in [4.78, 5) is 20.5. The number of hydrogen-bond acceptors (Lipinski definition) is 3. The van der Waals surface area contributed by atoms with Crippen molar-refractivity contribution < 1.29 is 13.9 Å². The van der Waals surface area contributed by atoms with Gasteiger partial charge in [0.05, 0.1) is 6.10 Å². The number of methoxy groups -OCH3 is 1. The molecule has 0 N–H and O–H groups in total. The maximum absolute atomic E-state index is 14.9.